The molecule has 3 amide bonds. The van der Waals surface area contributed by atoms with Crippen molar-refractivity contribution in [3.05, 3.63) is 93.2 Å². The molecule has 0 radical (unpaired) electrons. The van der Waals surface area contributed by atoms with Gasteiger partial charge in [-0.25, -0.2) is 4.39 Å². The van der Waals surface area contributed by atoms with Crippen molar-refractivity contribution in [1.29, 1.82) is 0 Å². The zero-order valence-corrected chi connectivity index (χ0v) is 19.3. The summed E-state index contributed by atoms with van der Waals surface area (Å²) in [5.41, 5.74) is 1.65. The average Bonchev–Trinajstić information content (AvgIpc) is 2.77. The van der Waals surface area contributed by atoms with Gasteiger partial charge < -0.3 is 15.5 Å². The first kappa shape index (κ1) is 24.2. The second-order valence-corrected chi connectivity index (χ2v) is 8.12. The molecule has 33 heavy (non-hydrogen) atoms. The van der Waals surface area contributed by atoms with Crippen LogP contribution in [-0.4, -0.2) is 36.2 Å². The van der Waals surface area contributed by atoms with E-state index in [9.17, 15) is 18.8 Å². The first-order valence-electron chi connectivity index (χ1n) is 9.82. The summed E-state index contributed by atoms with van der Waals surface area (Å²) < 4.78 is 13.9. The molecule has 6 nitrogen and oxygen atoms in total. The zero-order valence-electron chi connectivity index (χ0n) is 17.8. The molecule has 0 heterocycles. The number of aryl methyl sites for hydroxylation is 1. The molecule has 0 aliphatic carbocycles. The minimum atomic E-state index is -0.646. The lowest BCUT2D eigenvalue weighted by atomic mass is 10.1. The fourth-order valence-corrected chi connectivity index (χ4v) is 3.30. The summed E-state index contributed by atoms with van der Waals surface area (Å²) in [5.74, 6) is -2.13. The summed E-state index contributed by atoms with van der Waals surface area (Å²) in [6.07, 6.45) is 0. The van der Waals surface area contributed by atoms with Crippen molar-refractivity contribution in [2.24, 2.45) is 0 Å². The van der Waals surface area contributed by atoms with Crippen molar-refractivity contribution in [3.8, 4) is 0 Å². The van der Waals surface area contributed by atoms with Crippen LogP contribution in [0.5, 0.6) is 0 Å². The molecule has 0 unspecified atom stereocenters. The number of anilines is 2. The summed E-state index contributed by atoms with van der Waals surface area (Å²) in [4.78, 5) is 38.9. The highest BCUT2D eigenvalue weighted by Crippen LogP contribution is 2.25. The maximum absolute atomic E-state index is 13.9. The van der Waals surface area contributed by atoms with Crippen molar-refractivity contribution in [3.63, 3.8) is 0 Å². The van der Waals surface area contributed by atoms with E-state index in [4.69, 9.17) is 23.2 Å². The Morgan fingerprint density at radius 1 is 0.939 bits per heavy atom. The van der Waals surface area contributed by atoms with Gasteiger partial charge in [0.25, 0.3) is 11.8 Å². The van der Waals surface area contributed by atoms with Gasteiger partial charge in [-0.2, -0.15) is 0 Å². The summed E-state index contributed by atoms with van der Waals surface area (Å²) in [6.45, 7) is 1.53. The highest BCUT2D eigenvalue weighted by Gasteiger charge is 2.18. The van der Waals surface area contributed by atoms with E-state index in [1.54, 1.807) is 37.3 Å². The number of rotatable bonds is 6. The monoisotopic (exact) mass is 487 g/mol. The summed E-state index contributed by atoms with van der Waals surface area (Å²) in [6, 6.07) is 15.0. The number of carbonyl (C=O) groups excluding carboxylic acids is 3. The molecule has 3 aromatic carbocycles. The Bertz CT molecular complexity index is 1230. The molecule has 0 atom stereocenters. The van der Waals surface area contributed by atoms with Gasteiger partial charge >= 0.3 is 0 Å². The number of carbonyl (C=O) groups is 3. The molecule has 0 aliphatic rings. The quantitative estimate of drug-likeness (QED) is 0.488. The number of likely N-dealkylation sites (N-methyl/N-ethyl adjacent to an activating group) is 1. The summed E-state index contributed by atoms with van der Waals surface area (Å²) in [5, 5.41) is 5.94. The lowest BCUT2D eigenvalue weighted by Crippen LogP contribution is -2.35. The Balaban J connectivity index is 1.69. The van der Waals surface area contributed by atoms with E-state index in [1.807, 2.05) is 0 Å². The molecule has 0 spiro atoms. The van der Waals surface area contributed by atoms with Crippen molar-refractivity contribution in [2.75, 3.05) is 24.2 Å². The second-order valence-electron chi connectivity index (χ2n) is 7.30. The van der Waals surface area contributed by atoms with Gasteiger partial charge in [-0.05, 0) is 55.0 Å². The highest BCUT2D eigenvalue weighted by atomic mass is 35.5. The molecule has 3 rings (SSSR count). The largest absolute Gasteiger partial charge is 0.332 e. The van der Waals surface area contributed by atoms with Crippen LogP contribution in [0.3, 0.4) is 0 Å². The van der Waals surface area contributed by atoms with Crippen molar-refractivity contribution >= 4 is 52.3 Å². The smallest absolute Gasteiger partial charge is 0.258 e. The minimum absolute atomic E-state index is 0.107. The number of nitrogens with one attached hydrogen (secondary N) is 2. The molecule has 0 aromatic heterocycles. The van der Waals surface area contributed by atoms with Gasteiger partial charge in [0.05, 0.1) is 22.2 Å². The number of halogens is 3. The van der Waals surface area contributed by atoms with Crippen LogP contribution in [0.15, 0.2) is 60.7 Å². The molecule has 0 saturated heterocycles. The molecule has 0 bridgehead atoms. The summed E-state index contributed by atoms with van der Waals surface area (Å²) >= 11 is 11.8. The Morgan fingerprint density at radius 2 is 1.67 bits per heavy atom. The zero-order chi connectivity index (χ0) is 24.1. The third kappa shape index (κ3) is 6.09. The van der Waals surface area contributed by atoms with Crippen molar-refractivity contribution < 1.29 is 18.8 Å². The van der Waals surface area contributed by atoms with E-state index in [-0.39, 0.29) is 17.7 Å². The first-order valence-corrected chi connectivity index (χ1v) is 10.6. The lowest BCUT2D eigenvalue weighted by Gasteiger charge is -2.18. The van der Waals surface area contributed by atoms with Gasteiger partial charge in [-0.15, -0.1) is 0 Å². The standard InChI is InChI=1S/C24H20Cl2FN3O3/c1-14-7-8-15(11-21(14)29-23(32)17-5-3-4-6-20(17)27)24(33)30(2)13-22(31)28-16-9-10-18(25)19(26)12-16/h3-12H,13H2,1-2H3,(H,28,31)(H,29,32). The predicted octanol–water partition coefficient (Wildman–Crippen LogP) is 5.40. The number of hydrogen-bond acceptors (Lipinski definition) is 3. The van der Waals surface area contributed by atoms with E-state index < -0.39 is 23.5 Å². The van der Waals surface area contributed by atoms with Gasteiger partial charge in [0, 0.05) is 24.0 Å². The molecule has 0 aliphatic heterocycles. The Kier molecular flexibility index (Phi) is 7.68. The fourth-order valence-electron chi connectivity index (χ4n) is 3.01. The fraction of sp³-hybridized carbons (Fsp3) is 0.125. The number of nitrogens with zero attached hydrogens (tertiary/aromatic N) is 1. The molecule has 170 valence electrons. The molecule has 9 heteroatoms. The van der Waals surface area contributed by atoms with E-state index in [1.165, 1.54) is 42.3 Å². The van der Waals surface area contributed by atoms with Crippen LogP contribution in [0.2, 0.25) is 10.0 Å². The molecule has 3 aromatic rings. The highest BCUT2D eigenvalue weighted by molar-refractivity contribution is 6.42. The minimum Gasteiger partial charge on any atom is -0.332 e. The van der Waals surface area contributed by atoms with Crippen LogP contribution < -0.4 is 10.6 Å². The van der Waals surface area contributed by atoms with Crippen molar-refractivity contribution in [1.82, 2.24) is 4.90 Å². The molecule has 0 saturated carbocycles. The van der Waals surface area contributed by atoms with Gasteiger partial charge in [0.15, 0.2) is 0 Å². The Morgan fingerprint density at radius 3 is 2.36 bits per heavy atom. The number of benzene rings is 3. The van der Waals surface area contributed by atoms with Gasteiger partial charge in [0.1, 0.15) is 5.82 Å². The number of amides is 3. The summed E-state index contributed by atoms with van der Waals surface area (Å²) in [7, 11) is 1.48. The topological polar surface area (TPSA) is 78.5 Å². The third-order valence-corrected chi connectivity index (χ3v) is 5.52. The van der Waals surface area contributed by atoms with Crippen molar-refractivity contribution in [2.45, 2.75) is 6.92 Å². The SMILES string of the molecule is Cc1ccc(C(=O)N(C)CC(=O)Nc2ccc(Cl)c(Cl)c2)cc1NC(=O)c1ccccc1F. The van der Waals surface area contributed by atoms with Crippen LogP contribution in [0.1, 0.15) is 26.3 Å². The van der Waals surface area contributed by atoms with Gasteiger partial charge in [0.2, 0.25) is 5.91 Å². The van der Waals surface area contributed by atoms with Gasteiger partial charge in [-0.1, -0.05) is 41.4 Å². The first-order chi connectivity index (χ1) is 15.7. The third-order valence-electron chi connectivity index (χ3n) is 4.78. The van der Waals surface area contributed by atoms with E-state index in [0.29, 0.717) is 27.0 Å². The normalized spacial score (nSPS) is 10.5. The maximum Gasteiger partial charge on any atom is 0.258 e. The van der Waals surface area contributed by atoms with E-state index >= 15 is 0 Å². The molecule has 0 fully saturated rings. The Hall–Kier alpha value is -3.42. The van der Waals surface area contributed by atoms with Crippen LogP contribution in [0.25, 0.3) is 0 Å². The van der Waals surface area contributed by atoms with Crippen LogP contribution in [0.4, 0.5) is 15.8 Å². The van der Waals surface area contributed by atoms with Crippen LogP contribution in [-0.2, 0) is 4.79 Å². The second kappa shape index (κ2) is 10.5. The van der Waals surface area contributed by atoms with E-state index in [0.717, 1.165) is 0 Å². The van der Waals surface area contributed by atoms with Crippen LogP contribution >= 0.6 is 23.2 Å². The van der Waals surface area contributed by atoms with Gasteiger partial charge in [-0.3, -0.25) is 14.4 Å². The Labute approximate surface area is 200 Å². The van der Waals surface area contributed by atoms with Crippen LogP contribution in [0, 0.1) is 12.7 Å². The van der Waals surface area contributed by atoms with E-state index in [2.05, 4.69) is 10.6 Å². The molecule has 2 N–H and O–H groups in total. The predicted molar refractivity (Wildman–Crippen MR) is 128 cm³/mol. The molecular formula is C24H20Cl2FN3O3. The molecular weight excluding hydrogens is 468 g/mol. The average molecular weight is 488 g/mol. The number of hydrogen-bond donors (Lipinski definition) is 2. The lowest BCUT2D eigenvalue weighted by molar-refractivity contribution is -0.116. The maximum atomic E-state index is 13.9.